The molecule has 28 heavy (non-hydrogen) atoms. The van der Waals surface area contributed by atoms with Crippen molar-refractivity contribution >= 4 is 28.3 Å². The summed E-state index contributed by atoms with van der Waals surface area (Å²) in [5.74, 6) is -1.28. The number of aliphatic hydroxyl groups excluding tert-OH is 1. The lowest BCUT2D eigenvalue weighted by molar-refractivity contribution is -0.137. The zero-order valence-electron chi connectivity index (χ0n) is 14.7. The largest absolute Gasteiger partial charge is 0.475 e. The SMILES string of the molecule is C[C@H](Cc1ccc2oc(C(=O)O)cc2c1)NC[C@H](O)c1csc(C(F)(F)F)n1. The van der Waals surface area contributed by atoms with E-state index in [9.17, 15) is 23.1 Å². The number of rotatable bonds is 7. The number of nitrogens with one attached hydrogen (secondary N) is 1. The summed E-state index contributed by atoms with van der Waals surface area (Å²) in [6, 6.07) is 6.67. The summed E-state index contributed by atoms with van der Waals surface area (Å²) in [7, 11) is 0. The molecule has 3 aromatic rings. The van der Waals surface area contributed by atoms with Gasteiger partial charge in [0, 0.05) is 23.4 Å². The minimum Gasteiger partial charge on any atom is -0.475 e. The molecule has 2 atom stereocenters. The van der Waals surface area contributed by atoms with Gasteiger partial charge in [-0.15, -0.1) is 11.3 Å². The van der Waals surface area contributed by atoms with Crippen LogP contribution in [0.5, 0.6) is 0 Å². The van der Waals surface area contributed by atoms with Crippen LogP contribution in [0.25, 0.3) is 11.0 Å². The first-order chi connectivity index (χ1) is 13.1. The van der Waals surface area contributed by atoms with E-state index in [-0.39, 0.29) is 24.0 Å². The monoisotopic (exact) mass is 414 g/mol. The lowest BCUT2D eigenvalue weighted by Gasteiger charge is -2.16. The molecule has 150 valence electrons. The number of benzene rings is 1. The summed E-state index contributed by atoms with van der Waals surface area (Å²) in [5, 5.41) is 23.0. The Bertz CT molecular complexity index is 983. The van der Waals surface area contributed by atoms with Gasteiger partial charge in [-0.3, -0.25) is 0 Å². The van der Waals surface area contributed by atoms with E-state index in [0.29, 0.717) is 28.7 Å². The molecule has 0 spiro atoms. The van der Waals surface area contributed by atoms with Crippen LogP contribution in [-0.2, 0) is 12.6 Å². The summed E-state index contributed by atoms with van der Waals surface area (Å²) in [6.07, 6.45) is -5.10. The van der Waals surface area contributed by atoms with Crippen molar-refractivity contribution in [1.82, 2.24) is 10.3 Å². The maximum Gasteiger partial charge on any atom is 0.443 e. The van der Waals surface area contributed by atoms with Gasteiger partial charge in [-0.1, -0.05) is 6.07 Å². The molecule has 0 unspecified atom stereocenters. The molecule has 1 aromatic carbocycles. The van der Waals surface area contributed by atoms with Crippen molar-refractivity contribution < 1.29 is 32.6 Å². The van der Waals surface area contributed by atoms with Crippen LogP contribution in [0.2, 0.25) is 0 Å². The Kier molecular flexibility index (Phi) is 5.73. The molecule has 3 rings (SSSR count). The lowest BCUT2D eigenvalue weighted by Crippen LogP contribution is -2.32. The maximum atomic E-state index is 12.6. The Hall–Kier alpha value is -2.43. The highest BCUT2D eigenvalue weighted by Crippen LogP contribution is 2.32. The van der Waals surface area contributed by atoms with Gasteiger partial charge in [0.15, 0.2) is 5.01 Å². The minimum absolute atomic E-state index is 0.0157. The van der Waals surface area contributed by atoms with Crippen molar-refractivity contribution in [3.8, 4) is 0 Å². The van der Waals surface area contributed by atoms with E-state index in [1.165, 1.54) is 11.4 Å². The van der Waals surface area contributed by atoms with Gasteiger partial charge in [0.2, 0.25) is 5.76 Å². The molecule has 0 saturated heterocycles. The molecule has 3 N–H and O–H groups in total. The van der Waals surface area contributed by atoms with Gasteiger partial charge in [-0.25, -0.2) is 9.78 Å². The Morgan fingerprint density at radius 1 is 1.36 bits per heavy atom. The van der Waals surface area contributed by atoms with Gasteiger partial charge in [0.1, 0.15) is 11.7 Å². The van der Waals surface area contributed by atoms with Gasteiger partial charge in [-0.05, 0) is 37.1 Å². The number of furan rings is 1. The van der Waals surface area contributed by atoms with Crippen molar-refractivity contribution in [1.29, 1.82) is 0 Å². The molecule has 0 aliphatic rings. The highest BCUT2D eigenvalue weighted by atomic mass is 32.1. The van der Waals surface area contributed by atoms with Crippen LogP contribution in [-0.4, -0.2) is 33.8 Å². The van der Waals surface area contributed by atoms with Gasteiger partial charge in [0.05, 0.1) is 5.69 Å². The van der Waals surface area contributed by atoms with E-state index in [4.69, 9.17) is 9.52 Å². The second-order valence-corrected chi connectivity index (χ2v) is 7.25. The third-order valence-electron chi connectivity index (χ3n) is 4.10. The Labute approximate surface area is 161 Å². The quantitative estimate of drug-likeness (QED) is 0.543. The minimum atomic E-state index is -4.52. The molecule has 0 amide bonds. The number of carboxylic acids is 1. The third-order valence-corrected chi connectivity index (χ3v) is 5.00. The summed E-state index contributed by atoms with van der Waals surface area (Å²) < 4.78 is 43.0. The molecule has 0 radical (unpaired) electrons. The van der Waals surface area contributed by atoms with Crippen LogP contribution < -0.4 is 5.32 Å². The van der Waals surface area contributed by atoms with Crippen LogP contribution in [0.1, 0.15) is 39.8 Å². The number of thiazole rings is 1. The average Bonchev–Trinajstić information content (AvgIpc) is 3.26. The number of hydrogen-bond acceptors (Lipinski definition) is 6. The second-order valence-electron chi connectivity index (χ2n) is 6.39. The molecular weight excluding hydrogens is 397 g/mol. The fourth-order valence-electron chi connectivity index (χ4n) is 2.74. The van der Waals surface area contributed by atoms with Crippen LogP contribution in [0.15, 0.2) is 34.1 Å². The van der Waals surface area contributed by atoms with Crippen LogP contribution >= 0.6 is 11.3 Å². The van der Waals surface area contributed by atoms with Crippen LogP contribution in [0, 0.1) is 0 Å². The number of carboxylic acid groups (broad SMARTS) is 1. The number of aromatic carboxylic acids is 1. The molecule has 2 heterocycles. The molecule has 0 saturated carbocycles. The van der Waals surface area contributed by atoms with E-state index >= 15 is 0 Å². The Morgan fingerprint density at radius 2 is 2.11 bits per heavy atom. The number of halogens is 3. The van der Waals surface area contributed by atoms with Gasteiger partial charge < -0.3 is 19.9 Å². The zero-order chi connectivity index (χ0) is 20.5. The van der Waals surface area contributed by atoms with Crippen molar-refractivity contribution in [2.24, 2.45) is 0 Å². The first kappa shape index (κ1) is 20.3. The second kappa shape index (κ2) is 7.90. The highest BCUT2D eigenvalue weighted by Gasteiger charge is 2.35. The fourth-order valence-corrected chi connectivity index (χ4v) is 3.47. The molecule has 0 bridgehead atoms. The standard InChI is InChI=1S/C18H17F3N2O4S/c1-9(22-7-13(24)12-8-28-17(23-12)18(19,20)21)4-10-2-3-14-11(5-10)6-15(27-14)16(25)26/h2-3,5-6,8-9,13,22,24H,4,7H2,1H3,(H,25,26)/t9-,13+/m1/s1. The smallest absolute Gasteiger partial charge is 0.443 e. The molecule has 0 fully saturated rings. The molecule has 0 aliphatic carbocycles. The number of nitrogens with zero attached hydrogens (tertiary/aromatic N) is 1. The number of aromatic nitrogens is 1. The Balaban J connectivity index is 1.57. The highest BCUT2D eigenvalue weighted by molar-refractivity contribution is 7.09. The molecule has 6 nitrogen and oxygen atoms in total. The van der Waals surface area contributed by atoms with E-state index in [1.54, 1.807) is 6.07 Å². The summed E-state index contributed by atoms with van der Waals surface area (Å²) >= 11 is 0.452. The predicted molar refractivity (Wildman–Crippen MR) is 96.4 cm³/mol. The molecule has 0 aliphatic heterocycles. The van der Waals surface area contributed by atoms with E-state index in [2.05, 4.69) is 10.3 Å². The zero-order valence-corrected chi connectivity index (χ0v) is 15.5. The first-order valence-electron chi connectivity index (χ1n) is 8.33. The maximum absolute atomic E-state index is 12.6. The van der Waals surface area contributed by atoms with Crippen LogP contribution in [0.3, 0.4) is 0 Å². The topological polar surface area (TPSA) is 95.6 Å². The number of fused-ring (bicyclic) bond motifs is 1. The molecule has 10 heteroatoms. The first-order valence-corrected chi connectivity index (χ1v) is 9.21. The summed E-state index contributed by atoms with van der Waals surface area (Å²) in [6.45, 7) is 1.93. The third kappa shape index (κ3) is 4.70. The number of carbonyl (C=O) groups is 1. The summed E-state index contributed by atoms with van der Waals surface area (Å²) in [5.41, 5.74) is 1.38. The number of alkyl halides is 3. The van der Waals surface area contributed by atoms with Crippen LogP contribution in [0.4, 0.5) is 13.2 Å². The predicted octanol–water partition coefficient (Wildman–Crippen LogP) is 3.86. The van der Waals surface area contributed by atoms with E-state index in [0.717, 1.165) is 5.56 Å². The van der Waals surface area contributed by atoms with Crippen molar-refractivity contribution in [2.75, 3.05) is 6.54 Å². The lowest BCUT2D eigenvalue weighted by atomic mass is 10.1. The number of aliphatic hydroxyl groups is 1. The van der Waals surface area contributed by atoms with Crippen molar-refractivity contribution in [3.63, 3.8) is 0 Å². The van der Waals surface area contributed by atoms with E-state index in [1.807, 2.05) is 19.1 Å². The van der Waals surface area contributed by atoms with Crippen molar-refractivity contribution in [3.05, 3.63) is 51.7 Å². The van der Waals surface area contributed by atoms with E-state index < -0.39 is 23.3 Å². The number of hydrogen-bond donors (Lipinski definition) is 3. The van der Waals surface area contributed by atoms with Gasteiger partial charge in [-0.2, -0.15) is 13.2 Å². The Morgan fingerprint density at radius 3 is 2.75 bits per heavy atom. The molecule has 2 aromatic heterocycles. The fraction of sp³-hybridized carbons (Fsp3) is 0.333. The average molecular weight is 414 g/mol. The normalized spacial score (nSPS) is 14.3. The van der Waals surface area contributed by atoms with Crippen molar-refractivity contribution in [2.45, 2.75) is 31.7 Å². The van der Waals surface area contributed by atoms with Gasteiger partial charge in [0.25, 0.3) is 0 Å². The summed E-state index contributed by atoms with van der Waals surface area (Å²) in [4.78, 5) is 14.4. The van der Waals surface area contributed by atoms with Gasteiger partial charge >= 0.3 is 12.1 Å². The molecular formula is C18H17F3N2O4S.